The number of nitrogens with one attached hydrogen (secondary N) is 2. The number of aliphatic hydroxyl groups is 1. The van der Waals surface area contributed by atoms with Crippen molar-refractivity contribution in [3.05, 3.63) is 108 Å². The van der Waals surface area contributed by atoms with E-state index in [4.69, 9.17) is 10.5 Å². The van der Waals surface area contributed by atoms with E-state index in [9.17, 15) is 19.5 Å². The molecule has 0 radical (unpaired) electrons. The Bertz CT molecular complexity index is 1800. The summed E-state index contributed by atoms with van der Waals surface area (Å²) in [5.41, 5.74) is 11.3. The predicted molar refractivity (Wildman–Crippen MR) is 207 cm³/mol. The van der Waals surface area contributed by atoms with Gasteiger partial charge in [0.2, 0.25) is 11.8 Å². The van der Waals surface area contributed by atoms with Gasteiger partial charge in [-0.15, -0.1) is 0 Å². The maximum absolute atomic E-state index is 13.9. The second kappa shape index (κ2) is 18.3. The van der Waals surface area contributed by atoms with Crippen molar-refractivity contribution in [2.75, 3.05) is 43.1 Å². The number of nitrogen functional groups attached to an aromatic ring is 1. The van der Waals surface area contributed by atoms with E-state index in [0.29, 0.717) is 73.7 Å². The highest BCUT2D eigenvalue weighted by atomic mass is 16.5. The summed E-state index contributed by atoms with van der Waals surface area (Å²) in [5, 5.41) is 15.9. The molecule has 10 nitrogen and oxygen atoms in total. The van der Waals surface area contributed by atoms with Gasteiger partial charge < -0.3 is 31.1 Å². The molecule has 5 N–H and O–H groups in total. The summed E-state index contributed by atoms with van der Waals surface area (Å²) in [6.07, 6.45) is 2.19. The van der Waals surface area contributed by atoms with Gasteiger partial charge in [0.1, 0.15) is 6.10 Å². The SMILES string of the molecule is C[C@@H]1CN([C@@H](C)CO)C(=O)c2cccc(NC(=O)CCCCCC(=O)Nc3ccccc3N)c2O[C@H]1CN(C)Cc1ccc(-c2ccccc2)cc1. The lowest BCUT2D eigenvalue weighted by molar-refractivity contribution is -0.116. The molecule has 3 amide bonds. The number of hydrogen-bond acceptors (Lipinski definition) is 7. The van der Waals surface area contributed by atoms with Crippen LogP contribution >= 0.6 is 0 Å². The van der Waals surface area contributed by atoms with Crippen LogP contribution in [0.2, 0.25) is 0 Å². The van der Waals surface area contributed by atoms with Crippen molar-refractivity contribution in [2.45, 2.75) is 64.6 Å². The Morgan fingerprint density at radius 2 is 1.48 bits per heavy atom. The molecule has 1 aliphatic rings. The van der Waals surface area contributed by atoms with E-state index < -0.39 is 6.04 Å². The Labute approximate surface area is 307 Å². The first-order valence-electron chi connectivity index (χ1n) is 18.1. The molecular formula is C42H51N5O5. The number of rotatable bonds is 15. The lowest BCUT2D eigenvalue weighted by Gasteiger charge is -2.38. The van der Waals surface area contributed by atoms with Gasteiger partial charge in [-0.05, 0) is 67.8 Å². The summed E-state index contributed by atoms with van der Waals surface area (Å²) in [5.74, 6) is -0.306. The van der Waals surface area contributed by atoms with Gasteiger partial charge in [0.15, 0.2) is 5.75 Å². The van der Waals surface area contributed by atoms with Gasteiger partial charge in [-0.3, -0.25) is 19.3 Å². The summed E-state index contributed by atoms with van der Waals surface area (Å²) in [7, 11) is 2.05. The van der Waals surface area contributed by atoms with Crippen molar-refractivity contribution in [1.82, 2.24) is 9.80 Å². The van der Waals surface area contributed by atoms with Crippen LogP contribution < -0.4 is 21.1 Å². The molecule has 0 aliphatic carbocycles. The van der Waals surface area contributed by atoms with Crippen LogP contribution in [0.1, 0.15) is 61.9 Å². The van der Waals surface area contributed by atoms with Gasteiger partial charge >= 0.3 is 0 Å². The molecule has 0 aromatic heterocycles. The average Bonchev–Trinajstić information content (AvgIpc) is 3.14. The number of hydrogen-bond donors (Lipinski definition) is 4. The number of anilines is 3. The highest BCUT2D eigenvalue weighted by molar-refractivity contribution is 6.01. The minimum absolute atomic E-state index is 0.0757. The van der Waals surface area contributed by atoms with Gasteiger partial charge in [0, 0.05) is 38.4 Å². The first kappa shape index (κ1) is 38.1. The molecule has 0 saturated carbocycles. The summed E-state index contributed by atoms with van der Waals surface area (Å²) >= 11 is 0. The van der Waals surface area contributed by atoms with Crippen molar-refractivity contribution < 1.29 is 24.2 Å². The highest BCUT2D eigenvalue weighted by Gasteiger charge is 2.34. The molecule has 0 saturated heterocycles. The molecule has 4 aromatic rings. The number of benzene rings is 4. The normalized spacial score (nSPS) is 16.3. The fourth-order valence-corrected chi connectivity index (χ4v) is 6.46. The highest BCUT2D eigenvalue weighted by Crippen LogP contribution is 2.35. The Kier molecular flexibility index (Phi) is 13.4. The van der Waals surface area contributed by atoms with E-state index in [2.05, 4.69) is 65.9 Å². The van der Waals surface area contributed by atoms with Crippen LogP contribution in [0.4, 0.5) is 17.1 Å². The van der Waals surface area contributed by atoms with Gasteiger partial charge in [0.05, 0.1) is 35.3 Å². The van der Waals surface area contributed by atoms with Crippen molar-refractivity contribution in [2.24, 2.45) is 5.92 Å². The topological polar surface area (TPSA) is 137 Å². The van der Waals surface area contributed by atoms with E-state index in [1.807, 2.05) is 37.3 Å². The summed E-state index contributed by atoms with van der Waals surface area (Å²) < 4.78 is 6.71. The lowest BCUT2D eigenvalue weighted by atomic mass is 9.98. The van der Waals surface area contributed by atoms with Crippen LogP contribution in [0, 0.1) is 5.92 Å². The molecule has 3 atom stereocenters. The van der Waals surface area contributed by atoms with Crippen LogP contribution in [0.25, 0.3) is 11.1 Å². The van der Waals surface area contributed by atoms with Crippen molar-refractivity contribution >= 4 is 34.8 Å². The summed E-state index contributed by atoms with van der Waals surface area (Å²) in [4.78, 5) is 43.3. The summed E-state index contributed by atoms with van der Waals surface area (Å²) in [6, 6.07) is 30.8. The molecule has 4 aromatic carbocycles. The number of nitrogens with zero attached hydrogens (tertiary/aromatic N) is 2. The number of carbonyl (C=O) groups is 3. The third-order valence-corrected chi connectivity index (χ3v) is 9.51. The lowest BCUT2D eigenvalue weighted by Crippen LogP contribution is -2.49. The minimum Gasteiger partial charge on any atom is -0.486 e. The van der Waals surface area contributed by atoms with E-state index in [1.54, 1.807) is 35.2 Å². The molecule has 10 heteroatoms. The standard InChI is InChI=1S/C42H51N5O5/c1-29-25-47(30(2)28-48)42(51)34-15-12-18-37(45-40(50)20-9-5-8-19-39(49)44-36-17-11-10-16-35(36)43)41(34)52-38(29)27-46(3)26-31-21-23-33(24-22-31)32-13-6-4-7-14-32/h4,6-7,10-18,21-24,29-30,38,48H,5,8-9,19-20,25-28,43H2,1-3H3,(H,44,49)(H,45,50)/t29-,30+,38+/m1/s1. The number of fused-ring (bicyclic) bond motifs is 1. The number of nitrogens with two attached hydrogens (primary N) is 1. The maximum Gasteiger partial charge on any atom is 0.258 e. The zero-order valence-electron chi connectivity index (χ0n) is 30.4. The van der Waals surface area contributed by atoms with E-state index in [-0.39, 0.29) is 42.8 Å². The largest absolute Gasteiger partial charge is 0.486 e. The van der Waals surface area contributed by atoms with Gasteiger partial charge in [-0.1, -0.05) is 86.1 Å². The molecular weight excluding hydrogens is 654 g/mol. The summed E-state index contributed by atoms with van der Waals surface area (Å²) in [6.45, 7) is 5.40. The zero-order chi connectivity index (χ0) is 37.0. The molecule has 0 fully saturated rings. The molecule has 0 unspecified atom stereocenters. The molecule has 0 bridgehead atoms. The third-order valence-electron chi connectivity index (χ3n) is 9.51. The number of amides is 3. The fourth-order valence-electron chi connectivity index (χ4n) is 6.46. The Balaban J connectivity index is 1.23. The van der Waals surface area contributed by atoms with E-state index in [1.165, 1.54) is 11.1 Å². The molecule has 52 heavy (non-hydrogen) atoms. The van der Waals surface area contributed by atoms with E-state index in [0.717, 1.165) is 5.56 Å². The smallest absolute Gasteiger partial charge is 0.258 e. The van der Waals surface area contributed by atoms with Crippen LogP contribution in [-0.4, -0.2) is 71.5 Å². The fraction of sp³-hybridized carbons (Fsp3) is 0.357. The average molecular weight is 706 g/mol. The van der Waals surface area contributed by atoms with Crippen LogP contribution in [-0.2, 0) is 16.1 Å². The van der Waals surface area contributed by atoms with E-state index >= 15 is 0 Å². The van der Waals surface area contributed by atoms with Crippen LogP contribution in [0.15, 0.2) is 97.1 Å². The molecule has 1 aliphatic heterocycles. The Hall–Kier alpha value is -5.19. The minimum atomic E-state index is -0.396. The second-order valence-corrected chi connectivity index (χ2v) is 13.8. The first-order chi connectivity index (χ1) is 25.1. The van der Waals surface area contributed by atoms with Gasteiger partial charge in [0.25, 0.3) is 5.91 Å². The van der Waals surface area contributed by atoms with Crippen LogP contribution in [0.3, 0.4) is 0 Å². The van der Waals surface area contributed by atoms with Crippen molar-refractivity contribution in [3.8, 4) is 16.9 Å². The Morgan fingerprint density at radius 1 is 0.865 bits per heavy atom. The third kappa shape index (κ3) is 10.2. The second-order valence-electron chi connectivity index (χ2n) is 13.8. The predicted octanol–water partition coefficient (Wildman–Crippen LogP) is 6.82. The Morgan fingerprint density at radius 3 is 2.15 bits per heavy atom. The number of aliphatic hydroxyl groups excluding tert-OH is 1. The monoisotopic (exact) mass is 705 g/mol. The van der Waals surface area contributed by atoms with Crippen molar-refractivity contribution in [3.63, 3.8) is 0 Å². The van der Waals surface area contributed by atoms with Gasteiger partial charge in [-0.25, -0.2) is 0 Å². The number of para-hydroxylation sites is 3. The van der Waals surface area contributed by atoms with Crippen molar-refractivity contribution in [1.29, 1.82) is 0 Å². The van der Waals surface area contributed by atoms with Gasteiger partial charge in [-0.2, -0.15) is 0 Å². The molecule has 0 spiro atoms. The first-order valence-corrected chi connectivity index (χ1v) is 18.1. The quantitative estimate of drug-likeness (QED) is 0.0788. The van der Waals surface area contributed by atoms with Crippen LogP contribution in [0.5, 0.6) is 5.75 Å². The number of ether oxygens (including phenoxy) is 1. The number of likely N-dealkylation sites (N-methyl/N-ethyl adjacent to an activating group) is 1. The molecule has 1 heterocycles. The number of carbonyl (C=O) groups excluding carboxylic acids is 3. The number of unbranched alkanes of at least 4 members (excludes halogenated alkanes) is 2. The zero-order valence-corrected chi connectivity index (χ0v) is 30.4. The molecule has 274 valence electrons. The maximum atomic E-state index is 13.9. The molecule has 5 rings (SSSR count).